The standard InChI is InChI=1S/C16H19NO4.4H2O/c1-17-10-7-8-11(17)13(16(20)21)15(19)12(10)14(18)9-5-3-2-4-6-9;;;;/h2-6,10-13,15,19H,7-8H2,1H3,(H,20,21);4*1H2/t10-,11-,12?,13-,15+;;;;/m1..../s1. The van der Waals surface area contributed by atoms with Gasteiger partial charge in [-0.05, 0) is 19.9 Å². The molecule has 9 nitrogen and oxygen atoms in total. The number of fused-ring (bicyclic) bond motifs is 2. The van der Waals surface area contributed by atoms with Crippen LogP contribution in [-0.2, 0) is 4.79 Å². The molecule has 3 rings (SSSR count). The number of carbonyl (C=O) groups is 2. The highest BCUT2D eigenvalue weighted by Gasteiger charge is 2.55. The summed E-state index contributed by atoms with van der Waals surface area (Å²) in [7, 11) is 1.86. The SMILES string of the molecule is CN1[C@@H]2CC[C@@H]1[C@@H](C(=O)O)[C@@H](O)C2C(=O)c1ccccc1.O.O.O.O. The van der Waals surface area contributed by atoms with Crippen molar-refractivity contribution in [2.75, 3.05) is 7.05 Å². The molecule has 2 saturated heterocycles. The normalized spacial score (nSPS) is 29.9. The highest BCUT2D eigenvalue weighted by atomic mass is 16.4. The fourth-order valence-electron chi connectivity index (χ4n) is 3.97. The first-order valence-corrected chi connectivity index (χ1v) is 7.24. The molecule has 9 heteroatoms. The van der Waals surface area contributed by atoms with Crippen LogP contribution in [0.3, 0.4) is 0 Å². The maximum absolute atomic E-state index is 12.7. The van der Waals surface area contributed by atoms with E-state index >= 15 is 0 Å². The van der Waals surface area contributed by atoms with Crippen LogP contribution < -0.4 is 0 Å². The number of aliphatic hydroxyl groups excluding tert-OH is 1. The van der Waals surface area contributed by atoms with Crippen molar-refractivity contribution in [1.82, 2.24) is 4.90 Å². The highest BCUT2D eigenvalue weighted by molar-refractivity contribution is 5.99. The third-order valence-electron chi connectivity index (χ3n) is 5.02. The van der Waals surface area contributed by atoms with Crippen LogP contribution in [0.15, 0.2) is 30.3 Å². The lowest BCUT2D eigenvalue weighted by Crippen LogP contribution is -2.59. The quantitative estimate of drug-likeness (QED) is 0.569. The van der Waals surface area contributed by atoms with Crippen LogP contribution >= 0.6 is 0 Å². The number of aliphatic carboxylic acids is 1. The molecule has 25 heavy (non-hydrogen) atoms. The summed E-state index contributed by atoms with van der Waals surface area (Å²) in [6, 6.07) is 8.55. The minimum absolute atomic E-state index is 0. The predicted molar refractivity (Wildman–Crippen MR) is 90.4 cm³/mol. The third kappa shape index (κ3) is 4.03. The summed E-state index contributed by atoms with van der Waals surface area (Å²) in [5.41, 5.74) is 0.532. The van der Waals surface area contributed by atoms with E-state index in [0.717, 1.165) is 6.42 Å². The zero-order chi connectivity index (χ0) is 15.1. The summed E-state index contributed by atoms with van der Waals surface area (Å²) >= 11 is 0. The van der Waals surface area contributed by atoms with Gasteiger partial charge < -0.3 is 32.1 Å². The molecule has 2 aliphatic rings. The lowest BCUT2D eigenvalue weighted by molar-refractivity contribution is -0.154. The van der Waals surface area contributed by atoms with Crippen molar-refractivity contribution in [3.63, 3.8) is 0 Å². The van der Waals surface area contributed by atoms with Crippen molar-refractivity contribution in [1.29, 1.82) is 0 Å². The molecular weight excluding hydrogens is 334 g/mol. The van der Waals surface area contributed by atoms with Crippen LogP contribution in [0.5, 0.6) is 0 Å². The number of hydrogen-bond donors (Lipinski definition) is 2. The predicted octanol–water partition coefficient (Wildman–Crippen LogP) is -2.28. The Morgan fingerprint density at radius 1 is 0.960 bits per heavy atom. The van der Waals surface area contributed by atoms with E-state index in [9.17, 15) is 19.8 Å². The molecule has 5 atom stereocenters. The Morgan fingerprint density at radius 2 is 1.44 bits per heavy atom. The van der Waals surface area contributed by atoms with Crippen molar-refractivity contribution in [3.8, 4) is 0 Å². The van der Waals surface area contributed by atoms with Gasteiger partial charge in [-0.3, -0.25) is 14.5 Å². The fourth-order valence-corrected chi connectivity index (χ4v) is 3.97. The molecule has 2 heterocycles. The summed E-state index contributed by atoms with van der Waals surface area (Å²) in [6.45, 7) is 0. The van der Waals surface area contributed by atoms with E-state index < -0.39 is 23.9 Å². The minimum Gasteiger partial charge on any atom is -0.481 e. The summed E-state index contributed by atoms with van der Waals surface area (Å²) in [6.07, 6.45) is 0.350. The molecule has 0 saturated carbocycles. The Labute approximate surface area is 145 Å². The van der Waals surface area contributed by atoms with E-state index in [-0.39, 0.29) is 39.8 Å². The molecule has 2 fully saturated rings. The molecule has 0 spiro atoms. The van der Waals surface area contributed by atoms with Gasteiger partial charge in [-0.25, -0.2) is 0 Å². The first-order chi connectivity index (χ1) is 10.0. The zero-order valence-corrected chi connectivity index (χ0v) is 13.8. The molecular formula is C16H27NO8. The van der Waals surface area contributed by atoms with E-state index in [1.54, 1.807) is 24.3 Å². The van der Waals surface area contributed by atoms with Crippen LogP contribution in [0, 0.1) is 11.8 Å². The number of benzene rings is 1. The van der Waals surface area contributed by atoms with E-state index in [1.165, 1.54) is 0 Å². The van der Waals surface area contributed by atoms with Gasteiger partial charge in [0.05, 0.1) is 17.9 Å². The molecule has 0 radical (unpaired) electrons. The second-order valence-electron chi connectivity index (χ2n) is 5.99. The monoisotopic (exact) mass is 361 g/mol. The smallest absolute Gasteiger partial charge is 0.310 e. The molecule has 0 amide bonds. The third-order valence-corrected chi connectivity index (χ3v) is 5.02. The second kappa shape index (κ2) is 9.56. The molecule has 0 aromatic heterocycles. The Kier molecular flexibility index (Phi) is 9.70. The summed E-state index contributed by atoms with van der Waals surface area (Å²) < 4.78 is 0. The Balaban J connectivity index is 0. The summed E-state index contributed by atoms with van der Waals surface area (Å²) in [4.78, 5) is 26.2. The summed E-state index contributed by atoms with van der Waals surface area (Å²) in [5.74, 6) is -2.75. The topological polar surface area (TPSA) is 204 Å². The number of ketones is 1. The van der Waals surface area contributed by atoms with Gasteiger partial charge in [-0.15, -0.1) is 0 Å². The zero-order valence-electron chi connectivity index (χ0n) is 13.8. The number of carboxylic acids is 1. The van der Waals surface area contributed by atoms with Crippen molar-refractivity contribution < 1.29 is 41.7 Å². The molecule has 2 aliphatic heterocycles. The molecule has 10 N–H and O–H groups in total. The van der Waals surface area contributed by atoms with Crippen LogP contribution in [0.2, 0.25) is 0 Å². The second-order valence-corrected chi connectivity index (χ2v) is 5.99. The van der Waals surface area contributed by atoms with Gasteiger partial charge in [-0.1, -0.05) is 30.3 Å². The number of Topliss-reactive ketones (excluding diaryl/α,β-unsaturated/α-hetero) is 1. The van der Waals surface area contributed by atoms with Crippen molar-refractivity contribution in [2.45, 2.75) is 31.0 Å². The van der Waals surface area contributed by atoms with Gasteiger partial charge >= 0.3 is 5.97 Å². The molecule has 1 aromatic carbocycles. The molecule has 1 unspecified atom stereocenters. The van der Waals surface area contributed by atoms with E-state index in [0.29, 0.717) is 12.0 Å². The Bertz CT molecular complexity index is 567. The van der Waals surface area contributed by atoms with Gasteiger partial charge in [0, 0.05) is 17.6 Å². The van der Waals surface area contributed by atoms with E-state index in [2.05, 4.69) is 0 Å². The lowest BCUT2D eigenvalue weighted by atomic mass is 9.76. The van der Waals surface area contributed by atoms with Gasteiger partial charge in [0.1, 0.15) is 0 Å². The van der Waals surface area contributed by atoms with Crippen LogP contribution in [0.4, 0.5) is 0 Å². The van der Waals surface area contributed by atoms with E-state index in [1.807, 2.05) is 18.0 Å². The molecule has 0 aliphatic carbocycles. The first kappa shape index (κ1) is 25.4. The number of piperidine rings is 1. The Hall–Kier alpha value is -1.88. The van der Waals surface area contributed by atoms with Gasteiger partial charge in [-0.2, -0.15) is 0 Å². The van der Waals surface area contributed by atoms with E-state index in [4.69, 9.17) is 0 Å². The average molecular weight is 361 g/mol. The first-order valence-electron chi connectivity index (χ1n) is 7.24. The number of hydrogen-bond acceptors (Lipinski definition) is 4. The Morgan fingerprint density at radius 3 is 1.92 bits per heavy atom. The van der Waals surface area contributed by atoms with Crippen molar-refractivity contribution >= 4 is 11.8 Å². The number of nitrogens with zero attached hydrogens (tertiary/aromatic N) is 1. The molecule has 2 bridgehead atoms. The number of carbonyl (C=O) groups excluding carboxylic acids is 1. The van der Waals surface area contributed by atoms with Gasteiger partial charge in [0.15, 0.2) is 5.78 Å². The van der Waals surface area contributed by atoms with Crippen molar-refractivity contribution in [2.24, 2.45) is 11.8 Å². The number of carboxylic acid groups (broad SMARTS) is 1. The van der Waals surface area contributed by atoms with Crippen LogP contribution in [0.1, 0.15) is 23.2 Å². The van der Waals surface area contributed by atoms with Crippen LogP contribution in [0.25, 0.3) is 0 Å². The maximum Gasteiger partial charge on any atom is 0.310 e. The van der Waals surface area contributed by atoms with Gasteiger partial charge in [0.25, 0.3) is 0 Å². The fraction of sp³-hybridized carbons (Fsp3) is 0.500. The molecule has 1 aromatic rings. The largest absolute Gasteiger partial charge is 0.481 e. The summed E-state index contributed by atoms with van der Waals surface area (Å²) in [5, 5.41) is 19.9. The minimum atomic E-state index is -1.12. The maximum atomic E-state index is 12.7. The lowest BCUT2D eigenvalue weighted by Gasteiger charge is -2.43. The van der Waals surface area contributed by atoms with Gasteiger partial charge in [0.2, 0.25) is 0 Å². The average Bonchev–Trinajstić information content (AvgIpc) is 2.74. The van der Waals surface area contributed by atoms with Crippen LogP contribution in [-0.4, -0.2) is 74.0 Å². The number of rotatable bonds is 3. The molecule has 144 valence electrons. The van der Waals surface area contributed by atoms with Crippen molar-refractivity contribution in [3.05, 3.63) is 35.9 Å². The highest BCUT2D eigenvalue weighted by Crippen LogP contribution is 2.43. The number of aliphatic hydroxyl groups is 1.